The molecule has 0 bridgehead atoms. The molecule has 1 aliphatic heterocycles. The average Bonchev–Trinajstić information content (AvgIpc) is 3.14. The number of benzene rings is 1. The fourth-order valence-corrected chi connectivity index (χ4v) is 2.05. The van der Waals surface area contributed by atoms with E-state index in [1.54, 1.807) is 32.6 Å². The van der Waals surface area contributed by atoms with E-state index < -0.39 is 12.2 Å². The van der Waals surface area contributed by atoms with E-state index in [0.29, 0.717) is 22.9 Å². The number of rotatable bonds is 3. The summed E-state index contributed by atoms with van der Waals surface area (Å²) >= 11 is 0. The summed E-state index contributed by atoms with van der Waals surface area (Å²) in [6, 6.07) is 5.45. The van der Waals surface area contributed by atoms with Gasteiger partial charge in [-0.05, 0) is 6.07 Å². The molecule has 1 atom stereocenters. The van der Waals surface area contributed by atoms with E-state index in [1.165, 1.54) is 4.90 Å². The quantitative estimate of drug-likeness (QED) is 0.934. The summed E-state index contributed by atoms with van der Waals surface area (Å²) in [6.45, 7) is 0.152. The van der Waals surface area contributed by atoms with Crippen LogP contribution in [0.3, 0.4) is 0 Å². The number of amides is 1. The maximum atomic E-state index is 11.9. The second-order valence-corrected chi connectivity index (χ2v) is 4.71. The molecule has 0 unspecified atom stereocenters. The highest BCUT2D eigenvalue weighted by Gasteiger charge is 2.29. The fraction of sp³-hybridized carbons (Fsp3) is 0.286. The van der Waals surface area contributed by atoms with Crippen molar-refractivity contribution < 1.29 is 19.0 Å². The molecule has 1 aliphatic rings. The first-order chi connectivity index (χ1) is 10.2. The third kappa shape index (κ3) is 2.49. The lowest BCUT2D eigenvalue weighted by Gasteiger charge is -2.20. The molecular formula is C14H15N3O4. The number of aromatic amines is 1. The van der Waals surface area contributed by atoms with Crippen molar-refractivity contribution in [3.63, 3.8) is 0 Å². The molecule has 0 radical (unpaired) electrons. The van der Waals surface area contributed by atoms with Crippen LogP contribution in [0.15, 0.2) is 30.6 Å². The van der Waals surface area contributed by atoms with Gasteiger partial charge in [0.15, 0.2) is 23.4 Å². The normalized spacial score (nSPS) is 13.8. The van der Waals surface area contributed by atoms with Gasteiger partial charge in [-0.2, -0.15) is 0 Å². The first kappa shape index (κ1) is 13.3. The predicted octanol–water partition coefficient (Wildman–Crippen LogP) is 1.93. The highest BCUT2D eigenvalue weighted by atomic mass is 16.7. The molecule has 1 N–H and O–H groups in total. The van der Waals surface area contributed by atoms with Crippen molar-refractivity contribution in [3.8, 4) is 11.5 Å². The van der Waals surface area contributed by atoms with Crippen molar-refractivity contribution in [1.29, 1.82) is 0 Å². The van der Waals surface area contributed by atoms with E-state index in [9.17, 15) is 4.79 Å². The van der Waals surface area contributed by atoms with Crippen LogP contribution in [0.2, 0.25) is 0 Å². The van der Waals surface area contributed by atoms with Gasteiger partial charge in [0, 0.05) is 32.1 Å². The summed E-state index contributed by atoms with van der Waals surface area (Å²) in [4.78, 5) is 20.4. The number of nitrogens with one attached hydrogen (secondary N) is 1. The lowest BCUT2D eigenvalue weighted by atomic mass is 10.1. The smallest absolute Gasteiger partial charge is 0.410 e. The minimum absolute atomic E-state index is 0.152. The van der Waals surface area contributed by atoms with Crippen molar-refractivity contribution in [1.82, 2.24) is 14.9 Å². The van der Waals surface area contributed by atoms with Crippen LogP contribution in [-0.2, 0) is 4.74 Å². The first-order valence-corrected chi connectivity index (χ1v) is 6.42. The van der Waals surface area contributed by atoms with E-state index >= 15 is 0 Å². The van der Waals surface area contributed by atoms with E-state index in [1.807, 2.05) is 12.1 Å². The topological polar surface area (TPSA) is 76.7 Å². The molecule has 0 fully saturated rings. The van der Waals surface area contributed by atoms with E-state index in [4.69, 9.17) is 14.2 Å². The second-order valence-electron chi connectivity index (χ2n) is 4.71. The number of ether oxygens (including phenoxy) is 3. The summed E-state index contributed by atoms with van der Waals surface area (Å²) in [5.41, 5.74) is 0.690. The third-order valence-electron chi connectivity index (χ3n) is 3.06. The summed E-state index contributed by atoms with van der Waals surface area (Å²) in [7, 11) is 3.24. The van der Waals surface area contributed by atoms with Crippen molar-refractivity contribution in [2.24, 2.45) is 0 Å². The van der Waals surface area contributed by atoms with Gasteiger partial charge in [0.25, 0.3) is 0 Å². The van der Waals surface area contributed by atoms with Gasteiger partial charge in [0.05, 0.1) is 0 Å². The number of carbonyl (C=O) groups excluding carboxylic acids is 1. The van der Waals surface area contributed by atoms with Gasteiger partial charge in [0.2, 0.25) is 6.79 Å². The Morgan fingerprint density at radius 2 is 2.29 bits per heavy atom. The Balaban J connectivity index is 2.00. The molecule has 7 heteroatoms. The predicted molar refractivity (Wildman–Crippen MR) is 73.2 cm³/mol. The molecule has 3 rings (SSSR count). The molecule has 7 nitrogen and oxygen atoms in total. The van der Waals surface area contributed by atoms with E-state index in [-0.39, 0.29) is 6.79 Å². The first-order valence-electron chi connectivity index (χ1n) is 6.42. The molecule has 0 spiro atoms. The summed E-state index contributed by atoms with van der Waals surface area (Å²) < 4.78 is 16.4. The number of aromatic nitrogens is 2. The zero-order valence-electron chi connectivity index (χ0n) is 11.7. The van der Waals surface area contributed by atoms with Gasteiger partial charge in [-0.1, -0.05) is 12.1 Å². The highest BCUT2D eigenvalue weighted by molar-refractivity contribution is 5.68. The molecule has 2 heterocycles. The van der Waals surface area contributed by atoms with Crippen molar-refractivity contribution in [2.45, 2.75) is 6.10 Å². The van der Waals surface area contributed by atoms with Crippen LogP contribution in [0.4, 0.5) is 4.79 Å². The zero-order chi connectivity index (χ0) is 14.8. The van der Waals surface area contributed by atoms with Gasteiger partial charge in [-0.15, -0.1) is 0 Å². The van der Waals surface area contributed by atoms with Gasteiger partial charge in [-0.25, -0.2) is 9.78 Å². The minimum atomic E-state index is -0.688. The molecule has 21 heavy (non-hydrogen) atoms. The lowest BCUT2D eigenvalue weighted by molar-refractivity contribution is 0.0862. The molecule has 0 saturated carbocycles. The van der Waals surface area contributed by atoms with Crippen molar-refractivity contribution in [2.75, 3.05) is 20.9 Å². The molecule has 0 aliphatic carbocycles. The number of fused-ring (bicyclic) bond motifs is 1. The van der Waals surface area contributed by atoms with Crippen LogP contribution in [-0.4, -0.2) is 41.8 Å². The zero-order valence-corrected chi connectivity index (χ0v) is 11.7. The number of hydrogen-bond donors (Lipinski definition) is 1. The number of imidazole rings is 1. The third-order valence-corrected chi connectivity index (χ3v) is 3.06. The Morgan fingerprint density at radius 1 is 1.43 bits per heavy atom. The van der Waals surface area contributed by atoms with E-state index in [0.717, 1.165) is 0 Å². The number of para-hydroxylation sites is 1. The van der Waals surface area contributed by atoms with Gasteiger partial charge in [0.1, 0.15) is 0 Å². The number of hydrogen-bond acceptors (Lipinski definition) is 5. The monoisotopic (exact) mass is 289 g/mol. The maximum absolute atomic E-state index is 11.9. The van der Waals surface area contributed by atoms with Crippen LogP contribution < -0.4 is 9.47 Å². The lowest BCUT2D eigenvalue weighted by Crippen LogP contribution is -2.25. The van der Waals surface area contributed by atoms with Crippen molar-refractivity contribution >= 4 is 6.09 Å². The van der Waals surface area contributed by atoms with Crippen LogP contribution in [0.5, 0.6) is 11.5 Å². The molecular weight excluding hydrogens is 274 g/mol. The van der Waals surface area contributed by atoms with Crippen LogP contribution in [0.1, 0.15) is 17.5 Å². The number of carbonyl (C=O) groups is 1. The van der Waals surface area contributed by atoms with Crippen molar-refractivity contribution in [3.05, 3.63) is 42.0 Å². The summed E-state index contributed by atoms with van der Waals surface area (Å²) in [5.74, 6) is 1.73. The van der Waals surface area contributed by atoms with Crippen LogP contribution in [0.25, 0.3) is 0 Å². The molecule has 1 amide bonds. The standard InChI is InChI=1S/C14H15N3O4/c1-17(2)14(18)21-12(13-15-6-7-16-13)9-4-3-5-10-11(9)20-8-19-10/h3-7,12H,8H2,1-2H3,(H,15,16)/t12-/m1/s1. The SMILES string of the molecule is CN(C)C(=O)O[C@@H](c1ncc[nH]1)c1cccc2c1OCO2. The largest absolute Gasteiger partial charge is 0.454 e. The van der Waals surface area contributed by atoms with Crippen LogP contribution in [0, 0.1) is 0 Å². The Kier molecular flexibility index (Phi) is 3.39. The van der Waals surface area contributed by atoms with E-state index in [2.05, 4.69) is 9.97 Å². The Bertz CT molecular complexity index is 640. The number of H-pyrrole nitrogens is 1. The molecule has 110 valence electrons. The van der Waals surface area contributed by atoms with Gasteiger partial charge in [-0.3, -0.25) is 0 Å². The Hall–Kier alpha value is -2.70. The van der Waals surface area contributed by atoms with Crippen LogP contribution >= 0.6 is 0 Å². The average molecular weight is 289 g/mol. The summed E-state index contributed by atoms with van der Waals surface area (Å²) in [6.07, 6.45) is 2.12. The number of nitrogens with zero attached hydrogens (tertiary/aromatic N) is 2. The molecule has 0 saturated heterocycles. The molecule has 2 aromatic rings. The Labute approximate surface area is 121 Å². The summed E-state index contributed by atoms with van der Waals surface area (Å²) in [5, 5.41) is 0. The maximum Gasteiger partial charge on any atom is 0.410 e. The second kappa shape index (κ2) is 5.35. The highest BCUT2D eigenvalue weighted by Crippen LogP contribution is 2.41. The molecule has 1 aromatic heterocycles. The Morgan fingerprint density at radius 3 is 3.00 bits per heavy atom. The van der Waals surface area contributed by atoms with Gasteiger partial charge >= 0.3 is 6.09 Å². The molecule has 1 aromatic carbocycles. The fourth-order valence-electron chi connectivity index (χ4n) is 2.05. The minimum Gasteiger partial charge on any atom is -0.454 e. The van der Waals surface area contributed by atoms with Gasteiger partial charge < -0.3 is 24.1 Å².